The van der Waals surface area contributed by atoms with Gasteiger partial charge in [0.15, 0.2) is 0 Å². The van der Waals surface area contributed by atoms with Crippen LogP contribution < -0.4 is 18.9 Å². The molecule has 2 N–H and O–H groups in total. The monoisotopic (exact) mass is 256 g/mol. The predicted molar refractivity (Wildman–Crippen MR) is 30.1 cm³/mol. The van der Waals surface area contributed by atoms with Gasteiger partial charge in [0.1, 0.15) is 0 Å². The molecule has 0 rings (SSSR count). The molecule has 0 aliphatic heterocycles. The molecule has 0 radical (unpaired) electrons. The van der Waals surface area contributed by atoms with Crippen molar-refractivity contribution in [3.63, 3.8) is 0 Å². The number of phosphoric ester groups is 1. The predicted octanol–water partition coefficient (Wildman–Crippen LogP) is -1.29. The molecule has 0 unspecified atom stereocenters. The van der Waals surface area contributed by atoms with Gasteiger partial charge in [0.2, 0.25) is 0 Å². The van der Waals surface area contributed by atoms with Crippen molar-refractivity contribution >= 4 is 7.82 Å². The summed E-state index contributed by atoms with van der Waals surface area (Å²) < 4.78 is 81.7. The molecule has 0 fully saturated rings. The number of rotatable bonds is 2. The molecule has 0 atom stereocenters. The molecule has 0 spiro atoms. The van der Waals surface area contributed by atoms with Gasteiger partial charge in [-0.05, 0) is 0 Å². The molecule has 4 nitrogen and oxygen atoms in total. The van der Waals surface area contributed by atoms with E-state index in [0.29, 0.717) is 0 Å². The summed E-state index contributed by atoms with van der Waals surface area (Å²) in [4.78, 5) is 15.6. The molecule has 0 aromatic rings. The first kappa shape index (κ1) is 17.7. The summed E-state index contributed by atoms with van der Waals surface area (Å²) in [7, 11) is -5.85. The molecule has 0 aromatic heterocycles. The molecule has 0 heterocycles. The Balaban J connectivity index is -0.000000845. The summed E-state index contributed by atoms with van der Waals surface area (Å²) >= 11 is 0. The van der Waals surface area contributed by atoms with Crippen molar-refractivity contribution in [2.75, 3.05) is 0 Å². The average Bonchev–Trinajstić information content (AvgIpc) is 1.75. The molecule has 0 aromatic carbocycles. The molecule has 12 heteroatoms. The zero-order valence-electron chi connectivity index (χ0n) is 8.00. The van der Waals surface area contributed by atoms with Gasteiger partial charge in [-0.15, -0.1) is 0 Å². The van der Waals surface area contributed by atoms with E-state index in [1.54, 1.807) is 0 Å². The molecule has 0 saturated carbocycles. The Morgan fingerprint density at radius 3 is 1.40 bits per heavy atom. The smallest absolute Gasteiger partial charge is 1.00 e. The number of phosphoric acid groups is 1. The van der Waals surface area contributed by atoms with Gasteiger partial charge in [0, 0.05) is 0 Å². The third-order valence-electron chi connectivity index (χ3n) is 0.837. The van der Waals surface area contributed by atoms with Crippen molar-refractivity contribution in [1.82, 2.24) is 0 Å². The molecule has 0 bridgehead atoms. The van der Waals surface area contributed by atoms with Crippen molar-refractivity contribution in [3.05, 3.63) is 0 Å². The summed E-state index contributed by atoms with van der Waals surface area (Å²) in [5, 5.41) is 0. The van der Waals surface area contributed by atoms with Gasteiger partial charge in [0.25, 0.3) is 6.10 Å². The molecule has 15 heavy (non-hydrogen) atoms. The van der Waals surface area contributed by atoms with E-state index in [2.05, 4.69) is 4.52 Å². The van der Waals surface area contributed by atoms with E-state index in [0.717, 1.165) is 0 Å². The quantitative estimate of drug-likeness (QED) is 0.366. The van der Waals surface area contributed by atoms with Crippen LogP contribution in [0, 0.1) is 0 Å². The van der Waals surface area contributed by atoms with Gasteiger partial charge < -0.3 is 11.2 Å². The SMILES string of the molecule is O=P(O)(O)OC(C(F)(F)F)C(F)(F)F.[H-].[Li+]. The van der Waals surface area contributed by atoms with E-state index < -0.39 is 26.3 Å². The molecule has 0 saturated heterocycles. The molecule has 0 amide bonds. The van der Waals surface area contributed by atoms with Crippen LogP contribution in [0.3, 0.4) is 0 Å². The van der Waals surface area contributed by atoms with Gasteiger partial charge >= 0.3 is 39.0 Å². The van der Waals surface area contributed by atoms with Gasteiger partial charge in [-0.25, -0.2) is 4.57 Å². The number of hydrogen-bond acceptors (Lipinski definition) is 2. The number of halogens is 6. The third-order valence-corrected chi connectivity index (χ3v) is 1.32. The van der Waals surface area contributed by atoms with Gasteiger partial charge in [-0.3, -0.25) is 4.52 Å². The summed E-state index contributed by atoms with van der Waals surface area (Å²) in [6.07, 6.45) is -16.4. The van der Waals surface area contributed by atoms with Gasteiger partial charge in [0.05, 0.1) is 0 Å². The maximum atomic E-state index is 11.6. The zero-order valence-corrected chi connectivity index (χ0v) is 7.90. The summed E-state index contributed by atoms with van der Waals surface area (Å²) in [5.74, 6) is 0. The zero-order chi connectivity index (χ0) is 11.8. The van der Waals surface area contributed by atoms with Crippen molar-refractivity contribution in [2.24, 2.45) is 0 Å². The van der Waals surface area contributed by atoms with E-state index in [-0.39, 0.29) is 20.3 Å². The third kappa shape index (κ3) is 7.22. The normalized spacial score (nSPS) is 13.9. The Morgan fingerprint density at radius 2 is 1.33 bits per heavy atom. The van der Waals surface area contributed by atoms with E-state index in [4.69, 9.17) is 9.79 Å². The molecule has 88 valence electrons. The van der Waals surface area contributed by atoms with E-state index in [9.17, 15) is 30.9 Å². The molecular formula is C3H4F6LiO4P. The maximum absolute atomic E-state index is 11.6. The minimum Gasteiger partial charge on any atom is -1.00 e. The Morgan fingerprint density at radius 1 is 1.07 bits per heavy atom. The molecule has 0 aliphatic carbocycles. The Kier molecular flexibility index (Phi) is 5.98. The van der Waals surface area contributed by atoms with E-state index >= 15 is 0 Å². The average molecular weight is 256 g/mol. The first-order chi connectivity index (χ1) is 5.84. The second-order valence-corrected chi connectivity index (χ2v) is 3.25. The number of hydrogen-bond donors (Lipinski definition) is 2. The van der Waals surface area contributed by atoms with Crippen molar-refractivity contribution in [1.29, 1.82) is 0 Å². The van der Waals surface area contributed by atoms with Crippen LogP contribution in [-0.4, -0.2) is 28.2 Å². The van der Waals surface area contributed by atoms with Crippen LogP contribution in [0.4, 0.5) is 26.3 Å². The summed E-state index contributed by atoms with van der Waals surface area (Å²) in [5.41, 5.74) is 0. The first-order valence-corrected chi connectivity index (χ1v) is 4.24. The summed E-state index contributed by atoms with van der Waals surface area (Å²) in [6, 6.07) is 0. The molecular weight excluding hydrogens is 252 g/mol. The first-order valence-electron chi connectivity index (χ1n) is 2.71. The van der Waals surface area contributed by atoms with Crippen LogP contribution in [0.25, 0.3) is 0 Å². The van der Waals surface area contributed by atoms with Crippen LogP contribution in [0.5, 0.6) is 0 Å². The van der Waals surface area contributed by atoms with Gasteiger partial charge in [-0.1, -0.05) is 0 Å². The van der Waals surface area contributed by atoms with Gasteiger partial charge in [-0.2, -0.15) is 26.3 Å². The van der Waals surface area contributed by atoms with Crippen LogP contribution in [0.1, 0.15) is 1.43 Å². The van der Waals surface area contributed by atoms with Crippen molar-refractivity contribution < 1.29 is 65.5 Å². The van der Waals surface area contributed by atoms with E-state index in [1.165, 1.54) is 0 Å². The van der Waals surface area contributed by atoms with Crippen molar-refractivity contribution in [2.45, 2.75) is 18.5 Å². The molecule has 0 aliphatic rings. The Bertz CT molecular complexity index is 235. The Hall–Kier alpha value is 0.287. The van der Waals surface area contributed by atoms with E-state index in [1.807, 2.05) is 0 Å². The van der Waals surface area contributed by atoms with Crippen LogP contribution in [0.2, 0.25) is 0 Å². The minimum absolute atomic E-state index is 0. The fraction of sp³-hybridized carbons (Fsp3) is 1.00. The van der Waals surface area contributed by atoms with Crippen molar-refractivity contribution in [3.8, 4) is 0 Å². The number of alkyl halides is 6. The van der Waals surface area contributed by atoms with Crippen LogP contribution in [0.15, 0.2) is 0 Å². The largest absolute Gasteiger partial charge is 1.00 e. The van der Waals surface area contributed by atoms with Crippen LogP contribution in [-0.2, 0) is 9.09 Å². The fourth-order valence-corrected chi connectivity index (χ4v) is 0.956. The topological polar surface area (TPSA) is 66.8 Å². The fourth-order valence-electron chi connectivity index (χ4n) is 0.442. The second kappa shape index (κ2) is 5.08. The maximum Gasteiger partial charge on any atom is 1.00 e. The van der Waals surface area contributed by atoms with Crippen LogP contribution >= 0.6 is 7.82 Å². The Labute approximate surface area is 92.5 Å². The summed E-state index contributed by atoms with van der Waals surface area (Å²) in [6.45, 7) is 0. The second-order valence-electron chi connectivity index (χ2n) is 2.06. The standard InChI is InChI=1S/C3H3F6O4P.Li.H/c4-2(5,6)1(3(7,8)9)13-14(10,11)12;;/h1H,(H2,10,11,12);;/q;+1;-1. The minimum atomic E-state index is -5.93.